The highest BCUT2D eigenvalue weighted by Gasteiger charge is 2.10. The van der Waals surface area contributed by atoms with Crippen LogP contribution in [-0.2, 0) is 4.79 Å². The van der Waals surface area contributed by atoms with Crippen LogP contribution in [0, 0.1) is 6.92 Å². The summed E-state index contributed by atoms with van der Waals surface area (Å²) < 4.78 is 10.9. The van der Waals surface area contributed by atoms with Crippen molar-refractivity contribution in [2.75, 3.05) is 24.4 Å². The van der Waals surface area contributed by atoms with Crippen molar-refractivity contribution in [3.05, 3.63) is 102 Å². The van der Waals surface area contributed by atoms with Gasteiger partial charge in [0.2, 0.25) is 5.91 Å². The highest BCUT2D eigenvalue weighted by Crippen LogP contribution is 2.29. The first kappa shape index (κ1) is 23.3. The number of hydrogen-bond acceptors (Lipinski definition) is 4. The van der Waals surface area contributed by atoms with Crippen LogP contribution in [0.1, 0.15) is 21.5 Å². The largest absolute Gasteiger partial charge is 0.493 e. The minimum atomic E-state index is -0.296. The fourth-order valence-corrected chi connectivity index (χ4v) is 3.09. The molecule has 0 spiro atoms. The first-order valence-electron chi connectivity index (χ1n) is 10.4. The summed E-state index contributed by atoms with van der Waals surface area (Å²) in [4.78, 5) is 25.0. The lowest BCUT2D eigenvalue weighted by Crippen LogP contribution is -2.14. The highest BCUT2D eigenvalue weighted by atomic mass is 16.5. The van der Waals surface area contributed by atoms with E-state index in [1.54, 1.807) is 61.7 Å². The van der Waals surface area contributed by atoms with E-state index in [4.69, 9.17) is 9.47 Å². The predicted molar refractivity (Wildman–Crippen MR) is 132 cm³/mol. The average Bonchev–Trinajstić information content (AvgIpc) is 2.84. The Labute approximate surface area is 193 Å². The molecule has 2 amide bonds. The summed E-state index contributed by atoms with van der Waals surface area (Å²) in [6, 6.07) is 19.7. The van der Waals surface area contributed by atoms with Crippen molar-refractivity contribution in [2.45, 2.75) is 6.92 Å². The summed E-state index contributed by atoms with van der Waals surface area (Å²) in [6.45, 7) is 5.84. The van der Waals surface area contributed by atoms with E-state index in [-0.39, 0.29) is 11.8 Å². The predicted octanol–water partition coefficient (Wildman–Crippen LogP) is 5.47. The molecule has 0 unspecified atom stereocenters. The second-order valence-electron chi connectivity index (χ2n) is 7.13. The Hall–Kier alpha value is -4.32. The molecule has 0 heterocycles. The molecular weight excluding hydrogens is 416 g/mol. The molecule has 0 fully saturated rings. The van der Waals surface area contributed by atoms with Crippen molar-refractivity contribution < 1.29 is 19.1 Å². The van der Waals surface area contributed by atoms with Gasteiger partial charge in [0.05, 0.1) is 7.11 Å². The number of amides is 2. The quantitative estimate of drug-likeness (QED) is 0.340. The van der Waals surface area contributed by atoms with Gasteiger partial charge in [-0.2, -0.15) is 0 Å². The van der Waals surface area contributed by atoms with Gasteiger partial charge in [-0.25, -0.2) is 0 Å². The van der Waals surface area contributed by atoms with Crippen molar-refractivity contribution >= 4 is 29.3 Å². The Balaban J connectivity index is 1.68. The van der Waals surface area contributed by atoms with Gasteiger partial charge in [-0.05, 0) is 60.5 Å². The zero-order valence-corrected chi connectivity index (χ0v) is 18.6. The number of benzene rings is 3. The van der Waals surface area contributed by atoms with Crippen LogP contribution >= 0.6 is 0 Å². The van der Waals surface area contributed by atoms with Crippen LogP contribution in [-0.4, -0.2) is 25.5 Å². The number of ether oxygens (including phenoxy) is 2. The van der Waals surface area contributed by atoms with Gasteiger partial charge in [-0.3, -0.25) is 9.59 Å². The first-order chi connectivity index (χ1) is 16.0. The number of carbonyl (C=O) groups excluding carboxylic acids is 2. The number of anilines is 2. The third-order valence-corrected chi connectivity index (χ3v) is 4.85. The third kappa shape index (κ3) is 6.33. The Morgan fingerprint density at radius 3 is 2.36 bits per heavy atom. The van der Waals surface area contributed by atoms with Crippen molar-refractivity contribution in [3.63, 3.8) is 0 Å². The molecular formula is C27H26N2O4. The lowest BCUT2D eigenvalue weighted by Gasteiger charge is -2.13. The molecule has 33 heavy (non-hydrogen) atoms. The molecule has 0 aliphatic rings. The number of hydrogen-bond donors (Lipinski definition) is 2. The molecule has 3 rings (SSSR count). The number of carbonyl (C=O) groups is 2. The SMILES string of the molecule is C=CCOc1ccc(C=CC(=O)Nc2cccc(NC(=O)c3ccccc3)c2C)cc1OC. The van der Waals surface area contributed by atoms with Gasteiger partial charge in [0, 0.05) is 23.0 Å². The second kappa shape index (κ2) is 11.3. The zero-order chi connectivity index (χ0) is 23.6. The van der Waals surface area contributed by atoms with Crippen LogP contribution in [0.4, 0.5) is 11.4 Å². The van der Waals surface area contributed by atoms with Crippen LogP contribution in [0.15, 0.2) is 85.5 Å². The van der Waals surface area contributed by atoms with Gasteiger partial charge < -0.3 is 20.1 Å². The van der Waals surface area contributed by atoms with Crippen molar-refractivity contribution in [1.29, 1.82) is 0 Å². The summed E-state index contributed by atoms with van der Waals surface area (Å²) >= 11 is 0. The second-order valence-corrected chi connectivity index (χ2v) is 7.13. The number of rotatable bonds is 9. The van der Waals surface area contributed by atoms with Crippen LogP contribution in [0.3, 0.4) is 0 Å². The third-order valence-electron chi connectivity index (χ3n) is 4.85. The fraction of sp³-hybridized carbons (Fsp3) is 0.111. The standard InChI is InChI=1S/C27H26N2O4/c1-4-17-33-24-15-13-20(18-25(24)32-3)14-16-26(30)28-22-11-8-12-23(19(22)2)29-27(31)21-9-6-5-7-10-21/h4-16,18H,1,17H2,2-3H3,(H,28,30)(H,29,31). The lowest BCUT2D eigenvalue weighted by molar-refractivity contribution is -0.111. The Kier molecular flexibility index (Phi) is 8.02. The summed E-state index contributed by atoms with van der Waals surface area (Å²) in [5, 5.41) is 5.75. The van der Waals surface area contributed by atoms with E-state index in [1.807, 2.05) is 31.2 Å². The average molecular weight is 443 g/mol. The Bertz CT molecular complexity index is 1170. The van der Waals surface area contributed by atoms with E-state index in [2.05, 4.69) is 17.2 Å². The molecule has 0 aliphatic carbocycles. The van der Waals surface area contributed by atoms with Crippen molar-refractivity contribution in [2.24, 2.45) is 0 Å². The maximum absolute atomic E-state index is 12.5. The van der Waals surface area contributed by atoms with Crippen LogP contribution < -0.4 is 20.1 Å². The van der Waals surface area contributed by atoms with E-state index >= 15 is 0 Å². The van der Waals surface area contributed by atoms with Gasteiger partial charge in [-0.1, -0.05) is 43.0 Å². The fourth-order valence-electron chi connectivity index (χ4n) is 3.09. The van der Waals surface area contributed by atoms with Gasteiger partial charge in [0.1, 0.15) is 6.61 Å². The van der Waals surface area contributed by atoms with E-state index in [0.717, 1.165) is 11.1 Å². The van der Waals surface area contributed by atoms with Gasteiger partial charge in [-0.15, -0.1) is 0 Å². The molecule has 6 nitrogen and oxygen atoms in total. The highest BCUT2D eigenvalue weighted by molar-refractivity contribution is 6.06. The molecule has 0 aliphatic heterocycles. The minimum absolute atomic E-state index is 0.212. The van der Waals surface area contributed by atoms with Gasteiger partial charge in [0.15, 0.2) is 11.5 Å². The maximum atomic E-state index is 12.5. The number of methoxy groups -OCH3 is 1. The van der Waals surface area contributed by atoms with Crippen LogP contribution in [0.2, 0.25) is 0 Å². The molecule has 3 aromatic carbocycles. The van der Waals surface area contributed by atoms with E-state index in [0.29, 0.717) is 35.0 Å². The molecule has 0 saturated heterocycles. The summed E-state index contributed by atoms with van der Waals surface area (Å²) in [5.41, 5.74) is 3.35. The van der Waals surface area contributed by atoms with Crippen molar-refractivity contribution in [1.82, 2.24) is 0 Å². The lowest BCUT2D eigenvalue weighted by atomic mass is 10.1. The summed E-state index contributed by atoms with van der Waals surface area (Å²) in [6.07, 6.45) is 4.78. The smallest absolute Gasteiger partial charge is 0.255 e. The summed E-state index contributed by atoms with van der Waals surface area (Å²) in [7, 11) is 1.56. The maximum Gasteiger partial charge on any atom is 0.255 e. The van der Waals surface area contributed by atoms with Crippen molar-refractivity contribution in [3.8, 4) is 11.5 Å². The zero-order valence-electron chi connectivity index (χ0n) is 18.6. The molecule has 6 heteroatoms. The van der Waals surface area contributed by atoms with Crippen LogP contribution in [0.25, 0.3) is 6.08 Å². The van der Waals surface area contributed by atoms with Gasteiger partial charge in [0.25, 0.3) is 5.91 Å². The molecule has 168 valence electrons. The molecule has 0 aromatic heterocycles. The van der Waals surface area contributed by atoms with E-state index < -0.39 is 0 Å². The Morgan fingerprint density at radius 1 is 0.939 bits per heavy atom. The molecule has 0 radical (unpaired) electrons. The van der Waals surface area contributed by atoms with E-state index in [1.165, 1.54) is 6.08 Å². The molecule has 2 N–H and O–H groups in total. The first-order valence-corrected chi connectivity index (χ1v) is 10.4. The molecule has 3 aromatic rings. The van der Waals surface area contributed by atoms with Crippen LogP contribution in [0.5, 0.6) is 11.5 Å². The number of nitrogens with one attached hydrogen (secondary N) is 2. The normalized spacial score (nSPS) is 10.5. The van der Waals surface area contributed by atoms with E-state index in [9.17, 15) is 9.59 Å². The molecule has 0 atom stereocenters. The molecule has 0 saturated carbocycles. The Morgan fingerprint density at radius 2 is 1.67 bits per heavy atom. The van der Waals surface area contributed by atoms with Gasteiger partial charge >= 0.3 is 0 Å². The monoisotopic (exact) mass is 442 g/mol. The topological polar surface area (TPSA) is 76.7 Å². The minimum Gasteiger partial charge on any atom is -0.493 e. The summed E-state index contributed by atoms with van der Waals surface area (Å²) in [5.74, 6) is 0.660. The molecule has 0 bridgehead atoms.